The first-order chi connectivity index (χ1) is 9.04. The average Bonchev–Trinajstić information content (AvgIpc) is 3.00. The van der Waals surface area contributed by atoms with Crippen molar-refractivity contribution in [1.82, 2.24) is 9.78 Å². The van der Waals surface area contributed by atoms with E-state index in [1.54, 1.807) is 10.9 Å². The van der Waals surface area contributed by atoms with Crippen LogP contribution in [0.3, 0.4) is 0 Å². The number of nitrogens with zero attached hydrogens (tertiary/aromatic N) is 2. The van der Waals surface area contributed by atoms with Crippen LogP contribution in [0.1, 0.15) is 17.5 Å². The molecule has 1 atom stereocenters. The number of hydrogen-bond acceptors (Lipinski definition) is 3. The van der Waals surface area contributed by atoms with E-state index in [1.165, 1.54) is 5.56 Å². The van der Waals surface area contributed by atoms with Crippen LogP contribution in [0.25, 0.3) is 0 Å². The van der Waals surface area contributed by atoms with Gasteiger partial charge in [0.1, 0.15) is 4.75 Å². The third kappa shape index (κ3) is 2.81. The van der Waals surface area contributed by atoms with Gasteiger partial charge in [-0.3, -0.25) is 9.48 Å². The number of rotatable bonds is 1. The molecule has 0 fully saturated rings. The highest BCUT2D eigenvalue weighted by molar-refractivity contribution is 7.82. The molecule has 1 aliphatic carbocycles. The highest BCUT2D eigenvalue weighted by Crippen LogP contribution is 2.41. The zero-order valence-corrected chi connectivity index (χ0v) is 11.7. The number of amides is 1. The predicted molar refractivity (Wildman–Crippen MR) is 77.8 cm³/mol. The number of fused-ring (bicyclic) bond motifs is 1. The normalized spacial score (nSPS) is 20.3. The fraction of sp³-hybridized carbons (Fsp3) is 0.286. The molecule has 1 aliphatic rings. The number of thiol groups is 1. The van der Waals surface area contributed by atoms with E-state index in [-0.39, 0.29) is 5.91 Å². The lowest BCUT2D eigenvalue weighted by molar-refractivity contribution is -0.120. The monoisotopic (exact) mass is 275 g/mol. The molecule has 1 aromatic heterocycles. The van der Waals surface area contributed by atoms with Crippen LogP contribution >= 0.6 is 12.6 Å². The van der Waals surface area contributed by atoms with E-state index in [9.17, 15) is 4.79 Å². The van der Waals surface area contributed by atoms with Crippen LogP contribution in [-0.4, -0.2) is 15.7 Å². The fourth-order valence-corrected chi connectivity index (χ4v) is 2.52. The minimum atomic E-state index is -0.739. The van der Waals surface area contributed by atoms with Gasteiger partial charge in [0.25, 0.3) is 0 Å². The molecule has 0 saturated carbocycles. The van der Waals surface area contributed by atoms with Crippen LogP contribution < -0.4 is 5.73 Å². The molecule has 3 rings (SSSR count). The van der Waals surface area contributed by atoms with Gasteiger partial charge in [0.2, 0.25) is 5.91 Å². The van der Waals surface area contributed by atoms with Crippen LogP contribution in [0.15, 0.2) is 42.7 Å². The second-order valence-corrected chi connectivity index (χ2v) is 5.32. The van der Waals surface area contributed by atoms with Crippen LogP contribution in [-0.2, 0) is 23.0 Å². The Hall–Kier alpha value is -1.75. The molecule has 19 heavy (non-hydrogen) atoms. The lowest BCUT2D eigenvalue weighted by Crippen LogP contribution is -2.34. The Labute approximate surface area is 118 Å². The largest absolute Gasteiger partial charge is 0.368 e. The van der Waals surface area contributed by atoms with Crippen molar-refractivity contribution >= 4 is 18.5 Å². The molecule has 1 heterocycles. The summed E-state index contributed by atoms with van der Waals surface area (Å²) in [6.45, 7) is 0. The van der Waals surface area contributed by atoms with Crippen LogP contribution in [0, 0.1) is 0 Å². The lowest BCUT2D eigenvalue weighted by atomic mass is 10.00. The fourth-order valence-electron chi connectivity index (χ4n) is 2.19. The minimum Gasteiger partial charge on any atom is -0.368 e. The summed E-state index contributed by atoms with van der Waals surface area (Å²) in [5.74, 6) is -0.346. The Bertz CT molecular complexity index is 568. The second kappa shape index (κ2) is 5.48. The van der Waals surface area contributed by atoms with Gasteiger partial charge in [-0.2, -0.15) is 17.7 Å². The first-order valence-electron chi connectivity index (χ1n) is 6.08. The SMILES string of the molecule is Cn1cccn1.NC(=O)C1(S)CCc2ccccc21. The number of benzene rings is 1. The summed E-state index contributed by atoms with van der Waals surface area (Å²) in [7, 11) is 1.89. The molecule has 0 bridgehead atoms. The Morgan fingerprint density at radius 2 is 2.16 bits per heavy atom. The summed E-state index contributed by atoms with van der Waals surface area (Å²) in [4.78, 5) is 11.2. The molecular weight excluding hydrogens is 258 g/mol. The zero-order chi connectivity index (χ0) is 13.9. The lowest BCUT2D eigenvalue weighted by Gasteiger charge is -2.19. The van der Waals surface area contributed by atoms with Crippen molar-refractivity contribution in [2.75, 3.05) is 0 Å². The zero-order valence-electron chi connectivity index (χ0n) is 10.8. The Morgan fingerprint density at radius 1 is 1.42 bits per heavy atom. The van der Waals surface area contributed by atoms with E-state index in [4.69, 9.17) is 5.73 Å². The number of aromatic nitrogens is 2. The highest BCUT2D eigenvalue weighted by Gasteiger charge is 2.40. The van der Waals surface area contributed by atoms with E-state index in [2.05, 4.69) is 17.7 Å². The summed E-state index contributed by atoms with van der Waals surface area (Å²) in [5, 5.41) is 3.83. The highest BCUT2D eigenvalue weighted by atomic mass is 32.1. The van der Waals surface area contributed by atoms with Crippen LogP contribution in [0.2, 0.25) is 0 Å². The number of primary amides is 1. The topological polar surface area (TPSA) is 60.9 Å². The van der Waals surface area contributed by atoms with Crippen LogP contribution in [0.5, 0.6) is 0 Å². The maximum Gasteiger partial charge on any atom is 0.237 e. The van der Waals surface area contributed by atoms with Gasteiger partial charge >= 0.3 is 0 Å². The van der Waals surface area contributed by atoms with Gasteiger partial charge in [0.05, 0.1) is 0 Å². The van der Waals surface area contributed by atoms with Crippen molar-refractivity contribution < 1.29 is 4.79 Å². The van der Waals surface area contributed by atoms with E-state index < -0.39 is 4.75 Å². The molecule has 2 N–H and O–H groups in total. The molecular formula is C14H17N3OS. The molecule has 1 amide bonds. The van der Waals surface area contributed by atoms with Crippen LogP contribution in [0.4, 0.5) is 0 Å². The molecule has 0 radical (unpaired) electrons. The predicted octanol–water partition coefficient (Wildman–Crippen LogP) is 1.66. The molecule has 100 valence electrons. The summed E-state index contributed by atoms with van der Waals surface area (Å²) >= 11 is 4.38. The van der Waals surface area contributed by atoms with Gasteiger partial charge in [0.15, 0.2) is 0 Å². The minimum absolute atomic E-state index is 0.346. The Kier molecular flexibility index (Phi) is 3.95. The summed E-state index contributed by atoms with van der Waals surface area (Å²) in [6, 6.07) is 9.73. The molecule has 0 aliphatic heterocycles. The van der Waals surface area contributed by atoms with Crippen molar-refractivity contribution in [3.63, 3.8) is 0 Å². The van der Waals surface area contributed by atoms with Gasteiger partial charge in [-0.1, -0.05) is 24.3 Å². The van der Waals surface area contributed by atoms with E-state index >= 15 is 0 Å². The van der Waals surface area contributed by atoms with Gasteiger partial charge in [-0.15, -0.1) is 0 Å². The number of nitrogens with two attached hydrogens (primary N) is 1. The summed E-state index contributed by atoms with van der Waals surface area (Å²) in [5.41, 5.74) is 7.50. The first kappa shape index (κ1) is 13.7. The molecule has 1 unspecified atom stereocenters. The van der Waals surface area contributed by atoms with Gasteiger partial charge in [-0.25, -0.2) is 0 Å². The smallest absolute Gasteiger partial charge is 0.237 e. The van der Waals surface area contributed by atoms with Gasteiger partial charge < -0.3 is 5.73 Å². The maximum absolute atomic E-state index is 11.2. The third-order valence-corrected chi connectivity index (χ3v) is 3.95. The number of hydrogen-bond donors (Lipinski definition) is 2. The number of aryl methyl sites for hydroxylation is 2. The molecule has 4 nitrogen and oxygen atoms in total. The second-order valence-electron chi connectivity index (χ2n) is 4.56. The third-order valence-electron chi connectivity index (χ3n) is 3.26. The standard InChI is InChI=1S/C10H11NOS.C4H6N2/c11-9(12)10(13)6-5-7-3-1-2-4-8(7)10;1-6-4-2-3-5-6/h1-4,13H,5-6H2,(H2,11,12);2-4H,1H3. The number of carbonyl (C=O) groups is 1. The molecule has 5 heteroatoms. The van der Waals surface area contributed by atoms with Gasteiger partial charge in [0, 0.05) is 19.4 Å². The summed E-state index contributed by atoms with van der Waals surface area (Å²) < 4.78 is 1.01. The Morgan fingerprint density at radius 3 is 2.68 bits per heavy atom. The van der Waals surface area contributed by atoms with Crippen molar-refractivity contribution in [1.29, 1.82) is 0 Å². The maximum atomic E-state index is 11.2. The van der Waals surface area contributed by atoms with Gasteiger partial charge in [-0.05, 0) is 30.0 Å². The molecule has 1 aromatic carbocycles. The Balaban J connectivity index is 0.000000186. The van der Waals surface area contributed by atoms with E-state index in [1.807, 2.05) is 43.6 Å². The van der Waals surface area contributed by atoms with Crippen molar-refractivity contribution in [2.24, 2.45) is 12.8 Å². The molecule has 0 saturated heterocycles. The van der Waals surface area contributed by atoms with E-state index in [0.717, 1.165) is 12.0 Å². The van der Waals surface area contributed by atoms with Crippen molar-refractivity contribution in [3.8, 4) is 0 Å². The van der Waals surface area contributed by atoms with Crippen molar-refractivity contribution in [3.05, 3.63) is 53.9 Å². The first-order valence-corrected chi connectivity index (χ1v) is 6.53. The average molecular weight is 275 g/mol. The summed E-state index contributed by atoms with van der Waals surface area (Å²) in [6.07, 6.45) is 5.24. The van der Waals surface area contributed by atoms with E-state index in [0.29, 0.717) is 6.42 Å². The number of carbonyl (C=O) groups excluding carboxylic acids is 1. The van der Waals surface area contributed by atoms with Crippen molar-refractivity contribution in [2.45, 2.75) is 17.6 Å². The molecule has 2 aromatic rings. The quantitative estimate of drug-likeness (QED) is 0.778. The molecule has 0 spiro atoms.